The van der Waals surface area contributed by atoms with Gasteiger partial charge in [0.1, 0.15) is 5.40 Å². The standard InChI is InChI=1S/C10H16N2O2S2.C5H9BrO2.C4H3N3S2/c1-4-14-8(13)10(2,3)6-15-7-5-12-9(11)16-7;1-5(2,3-6)4(7)8;5-2-8-3-1-7-4(6)9-3/h5H,4,6H2,1-3H3,(H2,11,12);3H2,1-2H3,(H,7,8);1H,(H2,6,7). The Labute approximate surface area is 218 Å². The number of thioether (sulfide) groups is 2. The summed E-state index contributed by atoms with van der Waals surface area (Å²) in [6, 6.07) is 0. The number of nitrogen functional groups attached to an aromatic ring is 2. The minimum atomic E-state index is -0.769. The Hall–Kier alpha value is -1.53. The second kappa shape index (κ2) is 15.4. The van der Waals surface area contributed by atoms with Crippen LogP contribution in [0.25, 0.3) is 0 Å². The Kier molecular flexibility index (Phi) is 14.7. The maximum Gasteiger partial charge on any atom is 0.312 e. The van der Waals surface area contributed by atoms with E-state index in [0.717, 1.165) is 20.2 Å². The number of hydrogen-bond acceptors (Lipinski definition) is 12. The highest BCUT2D eigenvalue weighted by atomic mass is 79.9. The molecule has 0 aliphatic carbocycles. The number of carboxylic acids is 1. The van der Waals surface area contributed by atoms with Crippen molar-refractivity contribution in [2.45, 2.75) is 43.0 Å². The van der Waals surface area contributed by atoms with E-state index in [0.29, 0.717) is 28.0 Å². The van der Waals surface area contributed by atoms with Gasteiger partial charge in [0.25, 0.3) is 0 Å². The highest BCUT2D eigenvalue weighted by Gasteiger charge is 2.29. The van der Waals surface area contributed by atoms with Crippen molar-refractivity contribution in [1.82, 2.24) is 9.97 Å². The lowest BCUT2D eigenvalue weighted by Gasteiger charge is -2.20. The summed E-state index contributed by atoms with van der Waals surface area (Å²) in [6.45, 7) is 9.32. The molecule has 0 fully saturated rings. The van der Waals surface area contributed by atoms with Gasteiger partial charge in [-0.15, -0.1) is 11.8 Å². The number of thiazole rings is 2. The molecule has 33 heavy (non-hydrogen) atoms. The largest absolute Gasteiger partial charge is 0.481 e. The minimum Gasteiger partial charge on any atom is -0.481 e. The molecule has 184 valence electrons. The van der Waals surface area contributed by atoms with Crippen LogP contribution in [0.3, 0.4) is 0 Å². The lowest BCUT2D eigenvalue weighted by Crippen LogP contribution is -2.29. The summed E-state index contributed by atoms with van der Waals surface area (Å²) in [6.07, 6.45) is 3.32. The van der Waals surface area contributed by atoms with Gasteiger partial charge in [0.2, 0.25) is 0 Å². The molecule has 0 aliphatic rings. The molecule has 0 saturated heterocycles. The number of nitrogens with zero attached hydrogens (tertiary/aromatic N) is 3. The normalized spacial score (nSPS) is 10.7. The summed E-state index contributed by atoms with van der Waals surface area (Å²) in [5, 5.41) is 20.1. The number of aliphatic carboxylic acids is 1. The number of thiocyanates is 1. The van der Waals surface area contributed by atoms with Gasteiger partial charge in [0.15, 0.2) is 10.3 Å². The summed E-state index contributed by atoms with van der Waals surface area (Å²) < 4.78 is 6.88. The van der Waals surface area contributed by atoms with E-state index in [1.54, 1.807) is 38.0 Å². The van der Waals surface area contributed by atoms with Crippen LogP contribution in [0.4, 0.5) is 10.3 Å². The second-order valence-electron chi connectivity index (χ2n) is 7.44. The minimum absolute atomic E-state index is 0.167. The van der Waals surface area contributed by atoms with Crippen LogP contribution >= 0.6 is 62.1 Å². The molecule has 2 aromatic rings. The van der Waals surface area contributed by atoms with Crippen molar-refractivity contribution < 1.29 is 19.4 Å². The zero-order chi connectivity index (χ0) is 25.7. The van der Waals surface area contributed by atoms with Crippen molar-refractivity contribution in [1.29, 1.82) is 5.26 Å². The Morgan fingerprint density at radius 2 is 1.67 bits per heavy atom. The Morgan fingerprint density at radius 1 is 1.15 bits per heavy atom. The molecule has 0 unspecified atom stereocenters. The molecule has 2 heterocycles. The fourth-order valence-electron chi connectivity index (χ4n) is 1.40. The Balaban J connectivity index is 0.000000511. The van der Waals surface area contributed by atoms with Crippen LogP contribution in [-0.4, -0.2) is 44.7 Å². The lowest BCUT2D eigenvalue weighted by atomic mass is 9.97. The van der Waals surface area contributed by atoms with Crippen LogP contribution in [0.2, 0.25) is 0 Å². The van der Waals surface area contributed by atoms with E-state index in [2.05, 4.69) is 25.9 Å². The monoisotopic (exact) mass is 597 g/mol. The summed E-state index contributed by atoms with van der Waals surface area (Å²) in [4.78, 5) is 29.6. The average Bonchev–Trinajstić information content (AvgIpc) is 3.35. The molecule has 0 atom stereocenters. The molecule has 2 rings (SSSR count). The van der Waals surface area contributed by atoms with Gasteiger partial charge in [-0.05, 0) is 34.6 Å². The lowest BCUT2D eigenvalue weighted by molar-refractivity contribution is -0.152. The zero-order valence-corrected chi connectivity index (χ0v) is 23.8. The fourth-order valence-corrected chi connectivity index (χ4v) is 4.62. The van der Waals surface area contributed by atoms with Gasteiger partial charge in [-0.3, -0.25) is 9.59 Å². The van der Waals surface area contributed by atoms with Crippen LogP contribution < -0.4 is 11.5 Å². The van der Waals surface area contributed by atoms with Crippen LogP contribution in [0.15, 0.2) is 20.8 Å². The number of halogens is 1. The molecular weight excluding hydrogens is 570 g/mol. The number of alkyl halides is 1. The van der Waals surface area contributed by atoms with Gasteiger partial charge in [-0.1, -0.05) is 38.6 Å². The van der Waals surface area contributed by atoms with Crippen molar-refractivity contribution >= 4 is 84.3 Å². The number of ether oxygens (including phenoxy) is 1. The van der Waals surface area contributed by atoms with Gasteiger partial charge in [-0.2, -0.15) is 5.26 Å². The molecule has 14 heteroatoms. The first-order valence-electron chi connectivity index (χ1n) is 9.37. The van der Waals surface area contributed by atoms with Gasteiger partial charge < -0.3 is 21.3 Å². The summed E-state index contributed by atoms with van der Waals surface area (Å²) >= 11 is 8.50. The van der Waals surface area contributed by atoms with Crippen LogP contribution in [0.1, 0.15) is 34.6 Å². The van der Waals surface area contributed by atoms with E-state index in [9.17, 15) is 9.59 Å². The molecule has 0 bridgehead atoms. The summed E-state index contributed by atoms with van der Waals surface area (Å²) in [5.74, 6) is -0.276. The third-order valence-electron chi connectivity index (χ3n) is 3.47. The highest BCUT2D eigenvalue weighted by molar-refractivity contribution is 9.09. The van der Waals surface area contributed by atoms with E-state index >= 15 is 0 Å². The van der Waals surface area contributed by atoms with Gasteiger partial charge in [-0.25, -0.2) is 9.97 Å². The molecule has 2 aromatic heterocycles. The topological polar surface area (TPSA) is 165 Å². The number of rotatable bonds is 8. The quantitative estimate of drug-likeness (QED) is 0.158. The van der Waals surface area contributed by atoms with Crippen LogP contribution in [0, 0.1) is 21.5 Å². The van der Waals surface area contributed by atoms with E-state index in [1.807, 2.05) is 26.2 Å². The first-order valence-corrected chi connectivity index (χ1v) is 13.9. The van der Waals surface area contributed by atoms with E-state index in [1.165, 1.54) is 22.7 Å². The predicted octanol–water partition coefficient (Wildman–Crippen LogP) is 5.20. The van der Waals surface area contributed by atoms with Gasteiger partial charge in [0, 0.05) is 22.8 Å². The molecular formula is C19H28BrN5O4S4. The fraction of sp³-hybridized carbons (Fsp3) is 0.526. The van der Waals surface area contributed by atoms with Crippen molar-refractivity contribution in [3.05, 3.63) is 12.4 Å². The van der Waals surface area contributed by atoms with Crippen molar-refractivity contribution in [2.24, 2.45) is 10.8 Å². The SMILES string of the molecule is CC(C)(CBr)C(=O)O.CCOC(=O)C(C)(C)CSc1cnc(N)s1.N#CSc1cnc(N)s1. The van der Waals surface area contributed by atoms with Crippen molar-refractivity contribution in [3.63, 3.8) is 0 Å². The maximum atomic E-state index is 11.6. The van der Waals surface area contributed by atoms with Gasteiger partial charge in [0.05, 0.1) is 38.2 Å². The number of carbonyl (C=O) groups is 2. The number of aromatic nitrogens is 2. The summed E-state index contributed by atoms with van der Waals surface area (Å²) in [7, 11) is 0. The maximum absolute atomic E-state index is 11.6. The Morgan fingerprint density at radius 3 is 2.00 bits per heavy atom. The Bertz CT molecular complexity index is 927. The number of esters is 1. The van der Waals surface area contributed by atoms with Crippen molar-refractivity contribution in [3.8, 4) is 5.40 Å². The number of anilines is 2. The third-order valence-corrected chi connectivity index (χ3v) is 8.87. The third kappa shape index (κ3) is 13.1. The average molecular weight is 599 g/mol. The first kappa shape index (κ1) is 31.5. The predicted molar refractivity (Wildman–Crippen MR) is 141 cm³/mol. The van der Waals surface area contributed by atoms with Gasteiger partial charge >= 0.3 is 11.9 Å². The van der Waals surface area contributed by atoms with Crippen LogP contribution in [0.5, 0.6) is 0 Å². The molecule has 9 nitrogen and oxygen atoms in total. The first-order chi connectivity index (χ1) is 15.3. The number of nitriles is 1. The molecule has 0 spiro atoms. The molecule has 0 radical (unpaired) electrons. The molecule has 0 aromatic carbocycles. The molecule has 0 aliphatic heterocycles. The molecule has 0 amide bonds. The smallest absolute Gasteiger partial charge is 0.312 e. The molecule has 0 saturated carbocycles. The van der Waals surface area contributed by atoms with E-state index in [-0.39, 0.29) is 5.97 Å². The summed E-state index contributed by atoms with van der Waals surface area (Å²) in [5.41, 5.74) is 9.71. The molecule has 5 N–H and O–H groups in total. The number of hydrogen-bond donors (Lipinski definition) is 3. The van der Waals surface area contributed by atoms with Crippen LogP contribution in [-0.2, 0) is 14.3 Å². The van der Waals surface area contributed by atoms with Crippen molar-refractivity contribution in [2.75, 3.05) is 29.2 Å². The second-order valence-corrected chi connectivity index (χ2v) is 12.5. The number of nitrogens with two attached hydrogens (primary N) is 2. The van der Waals surface area contributed by atoms with E-state index in [4.69, 9.17) is 26.6 Å². The zero-order valence-electron chi connectivity index (χ0n) is 19.0. The number of carboxylic acid groups (broad SMARTS) is 1. The number of carbonyl (C=O) groups excluding carboxylic acids is 1. The highest BCUT2D eigenvalue weighted by Crippen LogP contribution is 2.32. The van der Waals surface area contributed by atoms with E-state index < -0.39 is 16.8 Å².